The Morgan fingerprint density at radius 1 is 1.33 bits per heavy atom. The van der Waals surface area contributed by atoms with E-state index in [1.54, 1.807) is 0 Å². The molecule has 1 aromatic carbocycles. The third-order valence-electron chi connectivity index (χ3n) is 3.51. The van der Waals surface area contributed by atoms with Gasteiger partial charge in [0.1, 0.15) is 5.82 Å². The van der Waals surface area contributed by atoms with E-state index in [0.717, 1.165) is 16.9 Å². The number of nitrogens with two attached hydrogens (primary N) is 1. The van der Waals surface area contributed by atoms with Gasteiger partial charge in [0.15, 0.2) is 0 Å². The SMILES string of the molecule is CC(N)CCC(=O)NC(c1nc2ccccc2[nH]1)C(C)C. The van der Waals surface area contributed by atoms with Crippen LogP contribution in [0.15, 0.2) is 24.3 Å². The van der Waals surface area contributed by atoms with E-state index in [-0.39, 0.29) is 23.9 Å². The maximum atomic E-state index is 12.0. The lowest BCUT2D eigenvalue weighted by atomic mass is 10.0. The Kier molecular flexibility index (Phi) is 4.96. The maximum absolute atomic E-state index is 12.0. The van der Waals surface area contributed by atoms with Crippen LogP contribution in [0, 0.1) is 5.92 Å². The topological polar surface area (TPSA) is 83.8 Å². The normalized spacial score (nSPS) is 14.3. The van der Waals surface area contributed by atoms with Gasteiger partial charge >= 0.3 is 0 Å². The highest BCUT2D eigenvalue weighted by Gasteiger charge is 2.21. The zero-order valence-electron chi connectivity index (χ0n) is 12.9. The van der Waals surface area contributed by atoms with Crippen LogP contribution in [0.1, 0.15) is 45.5 Å². The van der Waals surface area contributed by atoms with Gasteiger partial charge < -0.3 is 16.0 Å². The molecule has 2 aromatic rings. The molecule has 0 aliphatic heterocycles. The van der Waals surface area contributed by atoms with Crippen LogP contribution in [0.4, 0.5) is 0 Å². The van der Waals surface area contributed by atoms with Crippen molar-refractivity contribution in [2.75, 3.05) is 0 Å². The number of imidazole rings is 1. The van der Waals surface area contributed by atoms with Crippen molar-refractivity contribution < 1.29 is 4.79 Å². The van der Waals surface area contributed by atoms with E-state index in [4.69, 9.17) is 5.73 Å². The van der Waals surface area contributed by atoms with Crippen LogP contribution in [-0.4, -0.2) is 21.9 Å². The van der Waals surface area contributed by atoms with Crippen molar-refractivity contribution >= 4 is 16.9 Å². The Balaban J connectivity index is 2.13. The zero-order valence-corrected chi connectivity index (χ0v) is 12.9. The largest absolute Gasteiger partial charge is 0.346 e. The summed E-state index contributed by atoms with van der Waals surface area (Å²) in [7, 11) is 0. The molecule has 0 saturated carbocycles. The van der Waals surface area contributed by atoms with Gasteiger partial charge in [0.2, 0.25) is 5.91 Å². The van der Waals surface area contributed by atoms with Crippen molar-refractivity contribution in [2.24, 2.45) is 11.7 Å². The maximum Gasteiger partial charge on any atom is 0.220 e. The molecule has 0 aliphatic carbocycles. The second-order valence-electron chi connectivity index (χ2n) is 5.94. The Morgan fingerprint density at radius 2 is 2.05 bits per heavy atom. The van der Waals surface area contributed by atoms with Crippen molar-refractivity contribution in [1.29, 1.82) is 0 Å². The van der Waals surface area contributed by atoms with Crippen molar-refractivity contribution in [1.82, 2.24) is 15.3 Å². The number of hydrogen-bond donors (Lipinski definition) is 3. The van der Waals surface area contributed by atoms with Gasteiger partial charge in [-0.15, -0.1) is 0 Å². The van der Waals surface area contributed by atoms with Crippen LogP contribution < -0.4 is 11.1 Å². The molecule has 0 radical (unpaired) electrons. The molecule has 5 nitrogen and oxygen atoms in total. The first-order valence-electron chi connectivity index (χ1n) is 7.47. The Labute approximate surface area is 125 Å². The molecule has 2 rings (SSSR count). The predicted octanol–water partition coefficient (Wildman–Crippen LogP) is 2.50. The molecule has 1 amide bonds. The summed E-state index contributed by atoms with van der Waals surface area (Å²) in [4.78, 5) is 19.9. The third-order valence-corrected chi connectivity index (χ3v) is 3.51. The number of nitrogens with zero attached hydrogens (tertiary/aromatic N) is 1. The summed E-state index contributed by atoms with van der Waals surface area (Å²) >= 11 is 0. The van der Waals surface area contributed by atoms with Crippen LogP contribution in [0.2, 0.25) is 0 Å². The molecular weight excluding hydrogens is 264 g/mol. The first-order chi connectivity index (χ1) is 9.97. The fourth-order valence-corrected chi connectivity index (χ4v) is 2.27. The number of aromatic amines is 1. The van der Waals surface area contributed by atoms with Crippen LogP contribution >= 0.6 is 0 Å². The number of nitrogens with one attached hydrogen (secondary N) is 2. The minimum absolute atomic E-state index is 0.0199. The lowest BCUT2D eigenvalue weighted by molar-refractivity contribution is -0.122. The molecule has 2 atom stereocenters. The van der Waals surface area contributed by atoms with E-state index in [1.165, 1.54) is 0 Å². The second kappa shape index (κ2) is 6.72. The van der Waals surface area contributed by atoms with Crippen LogP contribution in [-0.2, 0) is 4.79 Å². The van der Waals surface area contributed by atoms with E-state index in [9.17, 15) is 4.79 Å². The van der Waals surface area contributed by atoms with Gasteiger partial charge in [0.25, 0.3) is 0 Å². The number of amides is 1. The molecule has 5 heteroatoms. The standard InChI is InChI=1S/C16H24N4O/c1-10(2)15(20-14(21)9-8-11(3)17)16-18-12-6-4-5-7-13(12)19-16/h4-7,10-11,15H,8-9,17H2,1-3H3,(H,18,19)(H,20,21). The Morgan fingerprint density at radius 3 is 2.67 bits per heavy atom. The highest BCUT2D eigenvalue weighted by Crippen LogP contribution is 2.22. The van der Waals surface area contributed by atoms with Gasteiger partial charge in [0, 0.05) is 12.5 Å². The Bertz CT molecular complexity index is 570. The van der Waals surface area contributed by atoms with E-state index < -0.39 is 0 Å². The number of fused-ring (bicyclic) bond motifs is 1. The molecule has 2 unspecified atom stereocenters. The smallest absolute Gasteiger partial charge is 0.220 e. The van der Waals surface area contributed by atoms with Gasteiger partial charge in [-0.25, -0.2) is 4.98 Å². The highest BCUT2D eigenvalue weighted by molar-refractivity contribution is 5.77. The minimum atomic E-state index is -0.113. The molecule has 1 aromatic heterocycles. The monoisotopic (exact) mass is 288 g/mol. The van der Waals surface area contributed by atoms with Crippen molar-refractivity contribution in [2.45, 2.75) is 45.7 Å². The minimum Gasteiger partial charge on any atom is -0.346 e. The first kappa shape index (κ1) is 15.5. The van der Waals surface area contributed by atoms with Crippen LogP contribution in [0.25, 0.3) is 11.0 Å². The summed E-state index contributed by atoms with van der Waals surface area (Å²) in [5.41, 5.74) is 7.60. The number of para-hydroxylation sites is 2. The summed E-state index contributed by atoms with van der Waals surface area (Å²) in [6, 6.07) is 7.80. The van der Waals surface area contributed by atoms with Gasteiger partial charge in [-0.3, -0.25) is 4.79 Å². The fourth-order valence-electron chi connectivity index (χ4n) is 2.27. The fraction of sp³-hybridized carbons (Fsp3) is 0.500. The molecule has 114 valence electrons. The molecule has 0 fully saturated rings. The predicted molar refractivity (Wildman–Crippen MR) is 84.7 cm³/mol. The van der Waals surface area contributed by atoms with E-state index in [1.807, 2.05) is 31.2 Å². The molecule has 0 spiro atoms. The number of benzene rings is 1. The quantitative estimate of drug-likeness (QED) is 0.763. The van der Waals surface area contributed by atoms with Gasteiger partial charge in [-0.2, -0.15) is 0 Å². The number of H-pyrrole nitrogens is 1. The van der Waals surface area contributed by atoms with E-state index in [0.29, 0.717) is 12.8 Å². The summed E-state index contributed by atoms with van der Waals surface area (Å²) < 4.78 is 0. The average Bonchev–Trinajstić information content (AvgIpc) is 2.85. The average molecular weight is 288 g/mol. The molecule has 0 saturated heterocycles. The van der Waals surface area contributed by atoms with E-state index in [2.05, 4.69) is 29.1 Å². The molecule has 0 bridgehead atoms. The number of hydrogen-bond acceptors (Lipinski definition) is 3. The van der Waals surface area contributed by atoms with Crippen molar-refractivity contribution in [3.05, 3.63) is 30.1 Å². The molecule has 0 aliphatic rings. The van der Waals surface area contributed by atoms with E-state index >= 15 is 0 Å². The molecule has 4 N–H and O–H groups in total. The molecule has 21 heavy (non-hydrogen) atoms. The molecule has 1 heterocycles. The zero-order chi connectivity index (χ0) is 15.4. The van der Waals surface area contributed by atoms with Crippen molar-refractivity contribution in [3.8, 4) is 0 Å². The van der Waals surface area contributed by atoms with Crippen LogP contribution in [0.3, 0.4) is 0 Å². The van der Waals surface area contributed by atoms with Gasteiger partial charge in [-0.05, 0) is 31.4 Å². The lowest BCUT2D eigenvalue weighted by Crippen LogP contribution is -2.33. The van der Waals surface area contributed by atoms with Crippen LogP contribution in [0.5, 0.6) is 0 Å². The number of carbonyl (C=O) groups is 1. The number of rotatable bonds is 6. The Hall–Kier alpha value is -1.88. The summed E-state index contributed by atoms with van der Waals surface area (Å²) in [5.74, 6) is 1.08. The van der Waals surface area contributed by atoms with Gasteiger partial charge in [0.05, 0.1) is 17.1 Å². The van der Waals surface area contributed by atoms with Crippen molar-refractivity contribution in [3.63, 3.8) is 0 Å². The number of carbonyl (C=O) groups excluding carboxylic acids is 1. The summed E-state index contributed by atoms with van der Waals surface area (Å²) in [6.07, 6.45) is 1.14. The first-order valence-corrected chi connectivity index (χ1v) is 7.47. The molecular formula is C16H24N4O. The third kappa shape index (κ3) is 4.04. The highest BCUT2D eigenvalue weighted by atomic mass is 16.1. The summed E-state index contributed by atoms with van der Waals surface area (Å²) in [5, 5.41) is 3.06. The second-order valence-corrected chi connectivity index (χ2v) is 5.94. The summed E-state index contributed by atoms with van der Waals surface area (Å²) in [6.45, 7) is 6.06. The van der Waals surface area contributed by atoms with Gasteiger partial charge in [-0.1, -0.05) is 26.0 Å². The lowest BCUT2D eigenvalue weighted by Gasteiger charge is -2.20. The number of aromatic nitrogens is 2.